The number of likely N-dealkylation sites (N-methyl/N-ethyl adjacent to an activating group) is 1. The lowest BCUT2D eigenvalue weighted by Crippen LogP contribution is -2.40. The second-order valence-electron chi connectivity index (χ2n) is 5.90. The van der Waals surface area contributed by atoms with Gasteiger partial charge in [-0.05, 0) is 19.9 Å². The molecule has 0 radical (unpaired) electrons. The van der Waals surface area contributed by atoms with Crippen molar-refractivity contribution in [1.29, 1.82) is 0 Å². The summed E-state index contributed by atoms with van der Waals surface area (Å²) in [5, 5.41) is 9.03. The van der Waals surface area contributed by atoms with Gasteiger partial charge >= 0.3 is 5.97 Å². The van der Waals surface area contributed by atoms with E-state index in [1.807, 2.05) is 11.9 Å². The van der Waals surface area contributed by atoms with Gasteiger partial charge in [-0.3, -0.25) is 14.6 Å². The SMILES string of the molecule is CN1CCc2nc(N3CCC(C(=O)O)CC3)[nH]c(=O)c2C1. The summed E-state index contributed by atoms with van der Waals surface area (Å²) in [5.74, 6) is -0.420. The Morgan fingerprint density at radius 2 is 2.05 bits per heavy atom. The van der Waals surface area contributed by atoms with E-state index in [0.717, 1.165) is 24.2 Å². The summed E-state index contributed by atoms with van der Waals surface area (Å²) in [5.41, 5.74) is 1.57. The fourth-order valence-corrected chi connectivity index (χ4v) is 3.03. The molecule has 3 heterocycles. The molecule has 2 N–H and O–H groups in total. The first-order chi connectivity index (χ1) is 10.0. The van der Waals surface area contributed by atoms with Crippen LogP contribution in [-0.4, -0.2) is 52.6 Å². The summed E-state index contributed by atoms with van der Waals surface area (Å²) >= 11 is 0. The van der Waals surface area contributed by atoms with Crippen molar-refractivity contribution in [2.75, 3.05) is 31.6 Å². The minimum atomic E-state index is -0.732. The van der Waals surface area contributed by atoms with Crippen LogP contribution in [-0.2, 0) is 17.8 Å². The van der Waals surface area contributed by atoms with Crippen LogP contribution in [0.4, 0.5) is 5.95 Å². The molecule has 2 aliphatic rings. The molecule has 114 valence electrons. The zero-order valence-corrected chi connectivity index (χ0v) is 12.1. The van der Waals surface area contributed by atoms with Gasteiger partial charge in [0.2, 0.25) is 5.95 Å². The van der Waals surface area contributed by atoms with Gasteiger partial charge in [-0.15, -0.1) is 0 Å². The third-order valence-corrected chi connectivity index (χ3v) is 4.39. The van der Waals surface area contributed by atoms with Crippen LogP contribution in [0.2, 0.25) is 0 Å². The predicted molar refractivity (Wildman–Crippen MR) is 77.5 cm³/mol. The van der Waals surface area contributed by atoms with Gasteiger partial charge < -0.3 is 14.9 Å². The minimum Gasteiger partial charge on any atom is -0.481 e. The highest BCUT2D eigenvalue weighted by Crippen LogP contribution is 2.21. The van der Waals surface area contributed by atoms with Crippen molar-refractivity contribution in [2.45, 2.75) is 25.8 Å². The third-order valence-electron chi connectivity index (χ3n) is 4.39. The van der Waals surface area contributed by atoms with E-state index in [0.29, 0.717) is 38.4 Å². The van der Waals surface area contributed by atoms with Crippen molar-refractivity contribution in [3.63, 3.8) is 0 Å². The van der Waals surface area contributed by atoms with Crippen LogP contribution in [0, 0.1) is 5.92 Å². The number of carboxylic acid groups (broad SMARTS) is 1. The Bertz CT molecular complexity index is 605. The van der Waals surface area contributed by atoms with Gasteiger partial charge in [0.1, 0.15) is 0 Å². The van der Waals surface area contributed by atoms with E-state index in [9.17, 15) is 9.59 Å². The molecule has 2 aliphatic heterocycles. The quantitative estimate of drug-likeness (QED) is 0.801. The standard InChI is InChI=1S/C14H20N4O3/c1-17-5-4-11-10(8-17)12(19)16-14(15-11)18-6-2-9(3-7-18)13(20)21/h9H,2-8H2,1H3,(H,20,21)(H,15,16,19). The van der Waals surface area contributed by atoms with Crippen LogP contribution in [0.25, 0.3) is 0 Å². The number of carbonyl (C=O) groups is 1. The molecule has 0 bridgehead atoms. The van der Waals surface area contributed by atoms with Crippen molar-refractivity contribution >= 4 is 11.9 Å². The maximum Gasteiger partial charge on any atom is 0.306 e. The molecule has 21 heavy (non-hydrogen) atoms. The second-order valence-corrected chi connectivity index (χ2v) is 5.90. The van der Waals surface area contributed by atoms with Gasteiger partial charge in [-0.25, -0.2) is 4.98 Å². The Balaban J connectivity index is 1.80. The predicted octanol–water partition coefficient (Wildman–Crippen LogP) is 0.0588. The number of hydrogen-bond donors (Lipinski definition) is 2. The topological polar surface area (TPSA) is 89.5 Å². The fraction of sp³-hybridized carbons (Fsp3) is 0.643. The number of aliphatic carboxylic acids is 1. The Kier molecular flexibility index (Phi) is 3.67. The monoisotopic (exact) mass is 292 g/mol. The number of aromatic amines is 1. The third kappa shape index (κ3) is 2.78. The van der Waals surface area contributed by atoms with Crippen molar-refractivity contribution < 1.29 is 9.90 Å². The molecule has 7 nitrogen and oxygen atoms in total. The molecule has 1 saturated heterocycles. The molecule has 1 fully saturated rings. The molecule has 0 aromatic carbocycles. The number of piperidine rings is 1. The van der Waals surface area contributed by atoms with E-state index in [1.165, 1.54) is 0 Å². The maximum absolute atomic E-state index is 12.2. The number of hydrogen-bond acceptors (Lipinski definition) is 5. The van der Waals surface area contributed by atoms with Crippen LogP contribution in [0.1, 0.15) is 24.1 Å². The van der Waals surface area contributed by atoms with Gasteiger partial charge in [-0.1, -0.05) is 0 Å². The van der Waals surface area contributed by atoms with Crippen molar-refractivity contribution in [1.82, 2.24) is 14.9 Å². The Morgan fingerprint density at radius 1 is 1.33 bits per heavy atom. The van der Waals surface area contributed by atoms with Gasteiger partial charge in [0.15, 0.2) is 0 Å². The smallest absolute Gasteiger partial charge is 0.306 e. The first kappa shape index (κ1) is 14.1. The lowest BCUT2D eigenvalue weighted by molar-refractivity contribution is -0.142. The summed E-state index contributed by atoms with van der Waals surface area (Å²) in [6, 6.07) is 0. The van der Waals surface area contributed by atoms with Crippen LogP contribution >= 0.6 is 0 Å². The fourth-order valence-electron chi connectivity index (χ4n) is 3.03. The summed E-state index contributed by atoms with van der Waals surface area (Å²) in [6.45, 7) is 2.79. The highest BCUT2D eigenvalue weighted by Gasteiger charge is 2.27. The van der Waals surface area contributed by atoms with E-state index < -0.39 is 5.97 Å². The second kappa shape index (κ2) is 5.48. The number of aromatic nitrogens is 2. The molecular formula is C14H20N4O3. The lowest BCUT2D eigenvalue weighted by Gasteiger charge is -2.31. The van der Waals surface area contributed by atoms with E-state index in [-0.39, 0.29) is 11.5 Å². The van der Waals surface area contributed by atoms with Crippen LogP contribution in [0.5, 0.6) is 0 Å². The minimum absolute atomic E-state index is 0.0677. The van der Waals surface area contributed by atoms with Crippen molar-refractivity contribution in [3.8, 4) is 0 Å². The van der Waals surface area contributed by atoms with E-state index in [2.05, 4.69) is 14.9 Å². The molecule has 0 unspecified atom stereocenters. The van der Waals surface area contributed by atoms with Crippen molar-refractivity contribution in [2.24, 2.45) is 5.92 Å². The van der Waals surface area contributed by atoms with Gasteiger partial charge in [0, 0.05) is 32.6 Å². The van der Waals surface area contributed by atoms with Gasteiger partial charge in [0.25, 0.3) is 5.56 Å². The summed E-state index contributed by atoms with van der Waals surface area (Å²) in [6.07, 6.45) is 1.98. The number of carboxylic acids is 1. The molecular weight excluding hydrogens is 272 g/mol. The molecule has 3 rings (SSSR count). The van der Waals surface area contributed by atoms with Gasteiger partial charge in [0.05, 0.1) is 17.2 Å². The summed E-state index contributed by atoms with van der Waals surface area (Å²) < 4.78 is 0. The Hall–Kier alpha value is -1.89. The molecule has 0 aliphatic carbocycles. The molecule has 7 heteroatoms. The lowest BCUT2D eigenvalue weighted by atomic mass is 9.97. The number of H-pyrrole nitrogens is 1. The average molecular weight is 292 g/mol. The van der Waals surface area contributed by atoms with E-state index in [1.54, 1.807) is 0 Å². The van der Waals surface area contributed by atoms with Gasteiger partial charge in [-0.2, -0.15) is 0 Å². The Labute approximate surface area is 122 Å². The van der Waals surface area contributed by atoms with Crippen LogP contribution in [0.3, 0.4) is 0 Å². The zero-order valence-electron chi connectivity index (χ0n) is 12.1. The molecule has 0 saturated carbocycles. The zero-order chi connectivity index (χ0) is 15.0. The highest BCUT2D eigenvalue weighted by atomic mass is 16.4. The number of rotatable bonds is 2. The normalized spacial score (nSPS) is 20.3. The largest absolute Gasteiger partial charge is 0.481 e. The number of fused-ring (bicyclic) bond motifs is 1. The van der Waals surface area contributed by atoms with E-state index >= 15 is 0 Å². The number of nitrogens with zero attached hydrogens (tertiary/aromatic N) is 3. The van der Waals surface area contributed by atoms with E-state index in [4.69, 9.17) is 5.11 Å². The molecule has 0 amide bonds. The molecule has 1 aromatic heterocycles. The molecule has 0 atom stereocenters. The summed E-state index contributed by atoms with van der Waals surface area (Å²) in [7, 11) is 1.99. The number of nitrogens with one attached hydrogen (secondary N) is 1. The average Bonchev–Trinajstić information content (AvgIpc) is 2.48. The van der Waals surface area contributed by atoms with Crippen molar-refractivity contribution in [3.05, 3.63) is 21.6 Å². The molecule has 0 spiro atoms. The maximum atomic E-state index is 12.2. The number of anilines is 1. The Morgan fingerprint density at radius 3 is 2.71 bits per heavy atom. The first-order valence-electron chi connectivity index (χ1n) is 7.33. The first-order valence-corrected chi connectivity index (χ1v) is 7.33. The van der Waals surface area contributed by atoms with Crippen LogP contribution in [0.15, 0.2) is 4.79 Å². The highest BCUT2D eigenvalue weighted by molar-refractivity contribution is 5.70. The summed E-state index contributed by atoms with van der Waals surface area (Å²) in [4.78, 5) is 34.7. The molecule has 1 aromatic rings. The van der Waals surface area contributed by atoms with Crippen LogP contribution < -0.4 is 10.5 Å².